The zero-order valence-electron chi connectivity index (χ0n) is 12.0. The molecule has 0 aromatic heterocycles. The van der Waals surface area contributed by atoms with Crippen molar-refractivity contribution in [1.29, 1.82) is 0 Å². The Morgan fingerprint density at radius 1 is 1.22 bits per heavy atom. The highest BCUT2D eigenvalue weighted by Crippen LogP contribution is 2.23. The van der Waals surface area contributed by atoms with Crippen molar-refractivity contribution in [3.8, 4) is 5.75 Å². The Morgan fingerprint density at radius 2 is 1.96 bits per heavy atom. The van der Waals surface area contributed by atoms with E-state index in [4.69, 9.17) is 12.2 Å². The standard InChI is InChI=1S/C17H13FN2O2S/c18-13-3-1-2-11(9-13)8-12-10-19-17(23)20(16(12)22)14-4-6-15(21)7-5-14/h1-9,21H,10H2,(H,19,23)/b12-8+. The Kier molecular flexibility index (Phi) is 4.08. The fraction of sp³-hybridized carbons (Fsp3) is 0.0588. The summed E-state index contributed by atoms with van der Waals surface area (Å²) in [5.41, 5.74) is 1.63. The predicted molar refractivity (Wildman–Crippen MR) is 90.6 cm³/mol. The number of carbonyl (C=O) groups is 1. The number of aromatic hydroxyl groups is 1. The Labute approximate surface area is 137 Å². The van der Waals surface area contributed by atoms with Crippen molar-refractivity contribution < 1.29 is 14.3 Å². The Balaban J connectivity index is 1.94. The topological polar surface area (TPSA) is 52.6 Å². The minimum absolute atomic E-state index is 0.104. The van der Waals surface area contributed by atoms with Gasteiger partial charge in [0.15, 0.2) is 5.11 Å². The third kappa shape index (κ3) is 3.22. The minimum Gasteiger partial charge on any atom is -0.508 e. The number of halogens is 1. The van der Waals surface area contributed by atoms with E-state index in [1.54, 1.807) is 30.3 Å². The monoisotopic (exact) mass is 328 g/mol. The average molecular weight is 328 g/mol. The number of rotatable bonds is 2. The van der Waals surface area contributed by atoms with Crippen LogP contribution in [0.25, 0.3) is 6.08 Å². The lowest BCUT2D eigenvalue weighted by Crippen LogP contribution is -2.51. The zero-order chi connectivity index (χ0) is 16.4. The lowest BCUT2D eigenvalue weighted by atomic mass is 10.1. The second kappa shape index (κ2) is 6.18. The molecule has 1 amide bonds. The summed E-state index contributed by atoms with van der Waals surface area (Å²) in [5.74, 6) is -0.530. The first kappa shape index (κ1) is 15.2. The molecular weight excluding hydrogens is 315 g/mol. The Bertz CT molecular complexity index is 802. The van der Waals surface area contributed by atoms with Crippen molar-refractivity contribution in [2.24, 2.45) is 0 Å². The van der Waals surface area contributed by atoms with Crippen molar-refractivity contribution >= 4 is 35.0 Å². The number of nitrogens with zero attached hydrogens (tertiary/aromatic N) is 1. The van der Waals surface area contributed by atoms with E-state index < -0.39 is 0 Å². The van der Waals surface area contributed by atoms with Crippen LogP contribution in [0.2, 0.25) is 0 Å². The van der Waals surface area contributed by atoms with Crippen molar-refractivity contribution in [3.05, 3.63) is 65.5 Å². The van der Waals surface area contributed by atoms with E-state index in [-0.39, 0.29) is 29.1 Å². The fourth-order valence-corrected chi connectivity index (χ4v) is 2.57. The van der Waals surface area contributed by atoms with Crippen molar-refractivity contribution in [2.75, 3.05) is 11.4 Å². The number of nitrogens with one attached hydrogen (secondary N) is 1. The minimum atomic E-state index is -0.360. The number of anilines is 1. The van der Waals surface area contributed by atoms with Crippen LogP contribution in [-0.4, -0.2) is 22.7 Å². The molecule has 0 radical (unpaired) electrons. The quantitative estimate of drug-likeness (QED) is 0.657. The van der Waals surface area contributed by atoms with E-state index in [1.165, 1.54) is 29.2 Å². The molecule has 4 nitrogen and oxygen atoms in total. The average Bonchev–Trinajstić information content (AvgIpc) is 2.52. The molecule has 0 atom stereocenters. The lowest BCUT2D eigenvalue weighted by molar-refractivity contribution is -0.114. The van der Waals surface area contributed by atoms with Gasteiger partial charge in [0.25, 0.3) is 5.91 Å². The van der Waals surface area contributed by atoms with Gasteiger partial charge in [-0.1, -0.05) is 12.1 Å². The molecule has 2 aromatic rings. The highest BCUT2D eigenvalue weighted by Gasteiger charge is 2.28. The van der Waals surface area contributed by atoms with E-state index in [2.05, 4.69) is 5.32 Å². The van der Waals surface area contributed by atoms with Crippen LogP contribution >= 0.6 is 12.2 Å². The second-order valence-corrected chi connectivity index (χ2v) is 5.43. The first-order valence-corrected chi connectivity index (χ1v) is 7.33. The lowest BCUT2D eigenvalue weighted by Gasteiger charge is -2.30. The van der Waals surface area contributed by atoms with E-state index in [9.17, 15) is 14.3 Å². The van der Waals surface area contributed by atoms with Crippen LogP contribution in [0.5, 0.6) is 5.75 Å². The first-order chi connectivity index (χ1) is 11.0. The Hall–Kier alpha value is -2.73. The van der Waals surface area contributed by atoms with Gasteiger partial charge in [0.2, 0.25) is 0 Å². The smallest absolute Gasteiger partial charge is 0.262 e. The molecule has 0 spiro atoms. The number of benzene rings is 2. The van der Waals surface area contributed by atoms with Crippen LogP contribution in [0.15, 0.2) is 54.1 Å². The molecule has 116 valence electrons. The van der Waals surface area contributed by atoms with E-state index in [0.29, 0.717) is 16.8 Å². The summed E-state index contributed by atoms with van der Waals surface area (Å²) in [6.07, 6.45) is 1.63. The molecule has 0 saturated carbocycles. The summed E-state index contributed by atoms with van der Waals surface area (Å²) < 4.78 is 13.3. The fourth-order valence-electron chi connectivity index (χ4n) is 2.31. The van der Waals surface area contributed by atoms with Crippen molar-refractivity contribution in [3.63, 3.8) is 0 Å². The van der Waals surface area contributed by atoms with Gasteiger partial charge in [-0.05, 0) is 60.3 Å². The number of amides is 1. The molecule has 2 N–H and O–H groups in total. The molecule has 0 bridgehead atoms. The number of phenols is 1. The highest BCUT2D eigenvalue weighted by molar-refractivity contribution is 7.80. The third-order valence-electron chi connectivity index (χ3n) is 3.41. The largest absolute Gasteiger partial charge is 0.508 e. The molecule has 1 aliphatic heterocycles. The normalized spacial score (nSPS) is 16.6. The van der Waals surface area contributed by atoms with Crippen LogP contribution in [0.4, 0.5) is 10.1 Å². The molecule has 0 unspecified atom stereocenters. The number of hydrogen-bond acceptors (Lipinski definition) is 3. The molecule has 1 saturated heterocycles. The summed E-state index contributed by atoms with van der Waals surface area (Å²) in [6.45, 7) is 0.281. The van der Waals surface area contributed by atoms with Gasteiger partial charge in [-0.25, -0.2) is 4.39 Å². The third-order valence-corrected chi connectivity index (χ3v) is 3.74. The number of carbonyl (C=O) groups excluding carboxylic acids is 1. The zero-order valence-corrected chi connectivity index (χ0v) is 12.8. The maximum atomic E-state index is 13.3. The van der Waals surface area contributed by atoms with Crippen LogP contribution in [0, 0.1) is 5.82 Å². The number of hydrogen-bond donors (Lipinski definition) is 2. The molecule has 0 aliphatic carbocycles. The molecule has 1 fully saturated rings. The molecule has 2 aromatic carbocycles. The summed E-state index contributed by atoms with van der Waals surface area (Å²) in [6, 6.07) is 12.2. The highest BCUT2D eigenvalue weighted by atomic mass is 32.1. The van der Waals surface area contributed by atoms with Gasteiger partial charge >= 0.3 is 0 Å². The summed E-state index contributed by atoms with van der Waals surface area (Å²) in [7, 11) is 0. The molecule has 6 heteroatoms. The van der Waals surface area contributed by atoms with Gasteiger partial charge in [0.05, 0.1) is 5.69 Å². The van der Waals surface area contributed by atoms with Gasteiger partial charge in [-0.3, -0.25) is 9.69 Å². The summed E-state index contributed by atoms with van der Waals surface area (Å²) >= 11 is 5.20. The summed E-state index contributed by atoms with van der Waals surface area (Å²) in [5, 5.41) is 12.6. The van der Waals surface area contributed by atoms with Crippen LogP contribution < -0.4 is 10.2 Å². The molecule has 23 heavy (non-hydrogen) atoms. The molecular formula is C17H13FN2O2S. The first-order valence-electron chi connectivity index (χ1n) is 6.92. The van der Waals surface area contributed by atoms with E-state index in [1.807, 2.05) is 0 Å². The molecule has 1 heterocycles. The van der Waals surface area contributed by atoms with Crippen LogP contribution in [0.1, 0.15) is 5.56 Å². The van der Waals surface area contributed by atoms with E-state index >= 15 is 0 Å². The van der Waals surface area contributed by atoms with Crippen LogP contribution in [0.3, 0.4) is 0 Å². The van der Waals surface area contributed by atoms with Crippen LogP contribution in [-0.2, 0) is 4.79 Å². The van der Waals surface area contributed by atoms with Gasteiger partial charge in [0, 0.05) is 12.1 Å². The van der Waals surface area contributed by atoms with Crippen molar-refractivity contribution in [1.82, 2.24) is 5.32 Å². The Morgan fingerprint density at radius 3 is 2.65 bits per heavy atom. The van der Waals surface area contributed by atoms with Gasteiger partial charge in [-0.15, -0.1) is 0 Å². The summed E-state index contributed by atoms with van der Waals surface area (Å²) in [4.78, 5) is 14.0. The number of phenolic OH excluding ortho intramolecular Hbond substituents is 1. The predicted octanol–water partition coefficient (Wildman–Crippen LogP) is 2.84. The van der Waals surface area contributed by atoms with E-state index in [0.717, 1.165) is 0 Å². The molecule has 3 rings (SSSR count). The van der Waals surface area contributed by atoms with Gasteiger partial charge in [0.1, 0.15) is 11.6 Å². The van der Waals surface area contributed by atoms with Crippen molar-refractivity contribution in [2.45, 2.75) is 0 Å². The number of thiocarbonyl (C=S) groups is 1. The maximum Gasteiger partial charge on any atom is 0.262 e. The maximum absolute atomic E-state index is 13.3. The van der Waals surface area contributed by atoms with Gasteiger partial charge < -0.3 is 10.4 Å². The SMILES string of the molecule is O=C1/C(=C/c2cccc(F)c2)CNC(=S)N1c1ccc(O)cc1. The molecule has 1 aliphatic rings. The van der Waals surface area contributed by atoms with Gasteiger partial charge in [-0.2, -0.15) is 0 Å². The second-order valence-electron chi connectivity index (χ2n) is 5.04.